The molecule has 0 aliphatic carbocycles. The molecule has 3 aromatic rings. The van der Waals surface area contributed by atoms with Gasteiger partial charge in [0.25, 0.3) is 0 Å². The van der Waals surface area contributed by atoms with Crippen molar-refractivity contribution in [1.82, 2.24) is 14.8 Å². The van der Waals surface area contributed by atoms with Gasteiger partial charge in [-0.25, -0.2) is 9.98 Å². The van der Waals surface area contributed by atoms with Crippen molar-refractivity contribution < 1.29 is 5.11 Å². The number of para-hydroxylation sites is 2. The van der Waals surface area contributed by atoms with Crippen molar-refractivity contribution in [3.05, 3.63) is 70.9 Å². The Kier molecular flexibility index (Phi) is 6.19. The van der Waals surface area contributed by atoms with E-state index in [2.05, 4.69) is 48.1 Å². The molecule has 2 N–H and O–H groups in total. The molecule has 2 aliphatic heterocycles. The molecule has 0 saturated carbocycles. The van der Waals surface area contributed by atoms with Gasteiger partial charge in [0.2, 0.25) is 0 Å². The summed E-state index contributed by atoms with van der Waals surface area (Å²) in [5.41, 5.74) is 3.85. The lowest BCUT2D eigenvalue weighted by Crippen LogP contribution is -2.53. The molecule has 2 aromatic carbocycles. The zero-order valence-electron chi connectivity index (χ0n) is 19.4. The molecule has 33 heavy (non-hydrogen) atoms. The largest absolute Gasteiger partial charge is 0.388 e. The number of nitrogens with one attached hydrogen (secondary N) is 1. The molecule has 2 unspecified atom stereocenters. The molecule has 1 aromatic heterocycles. The first kappa shape index (κ1) is 22.1. The molecule has 0 radical (unpaired) electrons. The minimum Gasteiger partial charge on any atom is -0.388 e. The van der Waals surface area contributed by atoms with Gasteiger partial charge in [-0.2, -0.15) is 0 Å². The number of hydrogen-bond acceptors (Lipinski definition) is 7. The number of anilines is 2. The third kappa shape index (κ3) is 4.53. The van der Waals surface area contributed by atoms with E-state index >= 15 is 0 Å². The Morgan fingerprint density at radius 2 is 1.85 bits per heavy atom. The van der Waals surface area contributed by atoms with Crippen LogP contribution in [0.5, 0.6) is 0 Å². The topological polar surface area (TPSA) is 64.0 Å². The number of likely N-dealkylation sites (N-methyl/N-ethyl adjacent to an activating group) is 1. The molecule has 2 atom stereocenters. The number of amidine groups is 1. The minimum atomic E-state index is -0.487. The summed E-state index contributed by atoms with van der Waals surface area (Å²) in [6.45, 7) is 6.95. The first-order valence-corrected chi connectivity index (χ1v) is 12.4. The fourth-order valence-electron chi connectivity index (χ4n) is 4.47. The van der Waals surface area contributed by atoms with Crippen LogP contribution in [0, 0.1) is 0 Å². The van der Waals surface area contributed by atoms with Crippen LogP contribution >= 0.6 is 11.3 Å². The van der Waals surface area contributed by atoms with Crippen molar-refractivity contribution in [3.63, 3.8) is 0 Å². The average Bonchev–Trinajstić information content (AvgIpc) is 3.18. The van der Waals surface area contributed by atoms with Crippen LogP contribution in [-0.4, -0.2) is 58.4 Å². The second-order valence-corrected chi connectivity index (χ2v) is 10.2. The summed E-state index contributed by atoms with van der Waals surface area (Å²) in [6, 6.07) is 18.3. The third-order valence-corrected chi connectivity index (χ3v) is 7.76. The van der Waals surface area contributed by atoms with Crippen LogP contribution in [0.3, 0.4) is 0 Å². The maximum Gasteiger partial charge on any atom is 0.158 e. The van der Waals surface area contributed by atoms with Crippen LogP contribution in [0.2, 0.25) is 0 Å². The Balaban J connectivity index is 1.46. The number of nitrogens with zero attached hydrogens (tertiary/aromatic N) is 4. The van der Waals surface area contributed by atoms with E-state index in [0.717, 1.165) is 58.1 Å². The Morgan fingerprint density at radius 1 is 1.09 bits per heavy atom. The van der Waals surface area contributed by atoms with Gasteiger partial charge in [-0.3, -0.25) is 4.90 Å². The van der Waals surface area contributed by atoms with Crippen molar-refractivity contribution in [2.45, 2.75) is 38.3 Å². The van der Waals surface area contributed by atoms with E-state index < -0.39 is 6.10 Å². The molecule has 1 fully saturated rings. The highest BCUT2D eigenvalue weighted by Gasteiger charge is 2.32. The molecule has 3 heterocycles. The third-order valence-electron chi connectivity index (χ3n) is 6.48. The summed E-state index contributed by atoms with van der Waals surface area (Å²) in [7, 11) is 2.15. The number of aromatic nitrogens is 1. The number of aliphatic hydroxyl groups is 1. The molecular weight excluding hydrogens is 430 g/mol. The number of piperazine rings is 1. The van der Waals surface area contributed by atoms with E-state index in [0.29, 0.717) is 12.3 Å². The first-order valence-electron chi connectivity index (χ1n) is 11.6. The standard InChI is InChI=1S/C26H31N5OS/c1-17(2)25-29-23-24(27-20-11-7-8-12-21(20)28-26(23)33-25)31-14-13-30(3)19(16-31)15-22(32)18-9-5-4-6-10-18/h4-12,17,19,22,28,32H,13-16H2,1-3H3. The van der Waals surface area contributed by atoms with E-state index in [-0.39, 0.29) is 6.04 Å². The molecule has 0 amide bonds. The van der Waals surface area contributed by atoms with Crippen LogP contribution in [0.25, 0.3) is 0 Å². The number of hydrogen-bond donors (Lipinski definition) is 2. The molecule has 172 valence electrons. The molecular formula is C26H31N5OS. The summed E-state index contributed by atoms with van der Waals surface area (Å²) >= 11 is 1.72. The number of aliphatic hydroxyl groups excluding tert-OH is 1. The van der Waals surface area contributed by atoms with Gasteiger partial charge < -0.3 is 15.3 Å². The summed E-state index contributed by atoms with van der Waals surface area (Å²) in [5.74, 6) is 1.29. The lowest BCUT2D eigenvalue weighted by atomic mass is 9.99. The molecule has 2 aliphatic rings. The van der Waals surface area contributed by atoms with Gasteiger partial charge in [0.15, 0.2) is 5.84 Å². The van der Waals surface area contributed by atoms with Crippen molar-refractivity contribution in [2.75, 3.05) is 32.0 Å². The van der Waals surface area contributed by atoms with Crippen molar-refractivity contribution in [2.24, 2.45) is 4.99 Å². The normalized spacial score (nSPS) is 19.4. The number of rotatable bonds is 4. The first-order chi connectivity index (χ1) is 16.0. The van der Waals surface area contributed by atoms with Gasteiger partial charge in [0, 0.05) is 31.6 Å². The van der Waals surface area contributed by atoms with Crippen LogP contribution < -0.4 is 5.32 Å². The van der Waals surface area contributed by atoms with E-state index in [4.69, 9.17) is 9.98 Å². The van der Waals surface area contributed by atoms with Crippen LogP contribution in [0.15, 0.2) is 59.6 Å². The molecule has 6 nitrogen and oxygen atoms in total. The Hall–Kier alpha value is -2.74. The van der Waals surface area contributed by atoms with Crippen LogP contribution in [0.4, 0.5) is 16.4 Å². The highest BCUT2D eigenvalue weighted by atomic mass is 32.1. The average molecular weight is 462 g/mol. The highest BCUT2D eigenvalue weighted by Crippen LogP contribution is 2.39. The van der Waals surface area contributed by atoms with E-state index in [9.17, 15) is 5.11 Å². The molecule has 1 saturated heterocycles. The van der Waals surface area contributed by atoms with Crippen LogP contribution in [0.1, 0.15) is 48.6 Å². The highest BCUT2D eigenvalue weighted by molar-refractivity contribution is 7.16. The predicted octanol–water partition coefficient (Wildman–Crippen LogP) is 5.14. The van der Waals surface area contributed by atoms with Gasteiger partial charge in [0.1, 0.15) is 10.7 Å². The van der Waals surface area contributed by atoms with E-state index in [1.165, 1.54) is 0 Å². The van der Waals surface area contributed by atoms with Gasteiger partial charge >= 0.3 is 0 Å². The van der Waals surface area contributed by atoms with Crippen molar-refractivity contribution in [3.8, 4) is 0 Å². The SMILES string of the molecule is CC(C)c1nc2c(s1)Nc1ccccc1N=C2N1CCN(C)C(CC(O)c2ccccc2)C1. The van der Waals surface area contributed by atoms with Crippen molar-refractivity contribution >= 4 is 33.5 Å². The van der Waals surface area contributed by atoms with Gasteiger partial charge in [-0.1, -0.05) is 56.3 Å². The van der Waals surface area contributed by atoms with Crippen LogP contribution in [-0.2, 0) is 0 Å². The summed E-state index contributed by atoms with van der Waals surface area (Å²) in [5, 5.41) is 16.6. The fraction of sp³-hybridized carbons (Fsp3) is 0.385. The zero-order chi connectivity index (χ0) is 22.9. The Labute approximate surface area is 199 Å². The Morgan fingerprint density at radius 3 is 2.64 bits per heavy atom. The molecule has 5 rings (SSSR count). The lowest BCUT2D eigenvalue weighted by Gasteiger charge is -2.41. The Bertz CT molecular complexity index is 1140. The zero-order valence-corrected chi connectivity index (χ0v) is 20.2. The monoisotopic (exact) mass is 461 g/mol. The molecule has 0 bridgehead atoms. The predicted molar refractivity (Wildman–Crippen MR) is 136 cm³/mol. The fourth-order valence-corrected chi connectivity index (χ4v) is 5.44. The number of aliphatic imine (C=N–C) groups is 1. The second kappa shape index (κ2) is 9.25. The maximum absolute atomic E-state index is 10.9. The minimum absolute atomic E-state index is 0.217. The number of thiazole rings is 1. The van der Waals surface area contributed by atoms with E-state index in [1.54, 1.807) is 11.3 Å². The summed E-state index contributed by atoms with van der Waals surface area (Å²) in [4.78, 5) is 14.9. The smallest absolute Gasteiger partial charge is 0.158 e. The maximum atomic E-state index is 10.9. The molecule has 7 heteroatoms. The van der Waals surface area contributed by atoms with Crippen molar-refractivity contribution in [1.29, 1.82) is 0 Å². The molecule has 0 spiro atoms. The number of benzene rings is 2. The quantitative estimate of drug-likeness (QED) is 0.563. The number of fused-ring (bicyclic) bond motifs is 2. The van der Waals surface area contributed by atoms with Gasteiger partial charge in [-0.15, -0.1) is 11.3 Å². The summed E-state index contributed by atoms with van der Waals surface area (Å²) in [6.07, 6.45) is 0.194. The van der Waals surface area contributed by atoms with E-state index in [1.807, 2.05) is 42.5 Å². The lowest BCUT2D eigenvalue weighted by molar-refractivity contribution is 0.0769. The van der Waals surface area contributed by atoms with Gasteiger partial charge in [-0.05, 0) is 31.2 Å². The summed E-state index contributed by atoms with van der Waals surface area (Å²) < 4.78 is 0. The van der Waals surface area contributed by atoms with Gasteiger partial charge in [0.05, 0.1) is 22.5 Å². The second-order valence-electron chi connectivity index (χ2n) is 9.20.